The summed E-state index contributed by atoms with van der Waals surface area (Å²) >= 11 is 0. The number of hydrogen-bond acceptors (Lipinski definition) is 1. The van der Waals surface area contributed by atoms with Gasteiger partial charge >= 0.3 is 0 Å². The average Bonchev–Trinajstić information content (AvgIpc) is 2.43. The first-order valence-corrected chi connectivity index (χ1v) is 4.86. The summed E-state index contributed by atoms with van der Waals surface area (Å²) in [6.07, 6.45) is -0.394. The molecule has 14 heavy (non-hydrogen) atoms. The van der Waals surface area contributed by atoms with Gasteiger partial charge in [-0.25, -0.2) is 0 Å². The van der Waals surface area contributed by atoms with Gasteiger partial charge in [-0.3, -0.25) is 0 Å². The van der Waals surface area contributed by atoms with E-state index in [0.717, 1.165) is 11.1 Å². The second kappa shape index (κ2) is 3.14. The molecule has 1 aromatic carbocycles. The Morgan fingerprint density at radius 2 is 2.00 bits per heavy atom. The SMILES string of the molecule is Cc1[nH]c2ccc(C(C)O)cc2c1C. The van der Waals surface area contributed by atoms with Crippen LogP contribution in [0.15, 0.2) is 18.2 Å². The number of fused-ring (bicyclic) bond motifs is 1. The summed E-state index contributed by atoms with van der Waals surface area (Å²) in [6, 6.07) is 6.04. The van der Waals surface area contributed by atoms with E-state index < -0.39 is 6.10 Å². The van der Waals surface area contributed by atoms with Gasteiger partial charge in [0.2, 0.25) is 0 Å². The first-order chi connectivity index (χ1) is 6.59. The number of hydrogen-bond donors (Lipinski definition) is 2. The lowest BCUT2D eigenvalue weighted by molar-refractivity contribution is 0.199. The van der Waals surface area contributed by atoms with Crippen LogP contribution >= 0.6 is 0 Å². The van der Waals surface area contributed by atoms with Gasteiger partial charge in [-0.2, -0.15) is 0 Å². The Bertz CT molecular complexity index is 468. The molecule has 2 rings (SSSR count). The molecule has 2 nitrogen and oxygen atoms in total. The van der Waals surface area contributed by atoms with Crippen LogP contribution in [0.5, 0.6) is 0 Å². The summed E-state index contributed by atoms with van der Waals surface area (Å²) in [5.41, 5.74) is 4.58. The molecule has 1 aromatic heterocycles. The van der Waals surface area contributed by atoms with Gasteiger partial charge in [0.15, 0.2) is 0 Å². The zero-order valence-electron chi connectivity index (χ0n) is 8.76. The summed E-state index contributed by atoms with van der Waals surface area (Å²) in [5.74, 6) is 0. The van der Waals surface area contributed by atoms with Gasteiger partial charge in [0.25, 0.3) is 0 Å². The zero-order chi connectivity index (χ0) is 10.3. The fraction of sp³-hybridized carbons (Fsp3) is 0.333. The lowest BCUT2D eigenvalue weighted by Crippen LogP contribution is -1.89. The van der Waals surface area contributed by atoms with Crippen molar-refractivity contribution < 1.29 is 5.11 Å². The minimum absolute atomic E-state index is 0.394. The number of aliphatic hydroxyl groups excluding tert-OH is 1. The number of rotatable bonds is 1. The molecule has 1 unspecified atom stereocenters. The Morgan fingerprint density at radius 3 is 2.64 bits per heavy atom. The molecule has 0 spiro atoms. The molecule has 2 N–H and O–H groups in total. The number of H-pyrrole nitrogens is 1. The van der Waals surface area contributed by atoms with Gasteiger partial charge in [0.1, 0.15) is 0 Å². The second-order valence-corrected chi connectivity index (χ2v) is 3.86. The normalized spacial score (nSPS) is 13.4. The van der Waals surface area contributed by atoms with E-state index in [0.29, 0.717) is 0 Å². The largest absolute Gasteiger partial charge is 0.389 e. The highest BCUT2D eigenvalue weighted by Crippen LogP contribution is 2.24. The Hall–Kier alpha value is -1.28. The molecule has 0 aliphatic heterocycles. The van der Waals surface area contributed by atoms with Crippen molar-refractivity contribution in [3.05, 3.63) is 35.0 Å². The highest BCUT2D eigenvalue weighted by Gasteiger charge is 2.06. The Morgan fingerprint density at radius 1 is 1.29 bits per heavy atom. The molecule has 0 radical (unpaired) electrons. The third kappa shape index (κ3) is 1.32. The molecule has 0 saturated heterocycles. The van der Waals surface area contributed by atoms with E-state index in [4.69, 9.17) is 0 Å². The third-order valence-electron chi connectivity index (χ3n) is 2.81. The van der Waals surface area contributed by atoms with Gasteiger partial charge in [0, 0.05) is 16.6 Å². The molecule has 2 heteroatoms. The number of aryl methyl sites for hydroxylation is 2. The smallest absolute Gasteiger partial charge is 0.0762 e. The quantitative estimate of drug-likeness (QED) is 0.711. The molecular formula is C12H15NO. The average molecular weight is 189 g/mol. The number of aromatic nitrogens is 1. The molecule has 0 fully saturated rings. The maximum absolute atomic E-state index is 9.47. The summed E-state index contributed by atoms with van der Waals surface area (Å²) in [7, 11) is 0. The van der Waals surface area contributed by atoms with Gasteiger partial charge in [-0.1, -0.05) is 6.07 Å². The predicted molar refractivity (Wildman–Crippen MR) is 58.4 cm³/mol. The van der Waals surface area contributed by atoms with Crippen molar-refractivity contribution in [3.63, 3.8) is 0 Å². The summed E-state index contributed by atoms with van der Waals surface area (Å²) in [6.45, 7) is 5.95. The van der Waals surface area contributed by atoms with E-state index in [1.807, 2.05) is 12.1 Å². The van der Waals surface area contributed by atoms with Crippen molar-refractivity contribution in [2.24, 2.45) is 0 Å². The Labute approximate surface area is 83.6 Å². The molecule has 0 aliphatic rings. The van der Waals surface area contributed by atoms with Crippen LogP contribution in [0.1, 0.15) is 29.8 Å². The number of aromatic amines is 1. The lowest BCUT2D eigenvalue weighted by Gasteiger charge is -2.04. The van der Waals surface area contributed by atoms with E-state index in [1.165, 1.54) is 16.6 Å². The number of nitrogens with one attached hydrogen (secondary N) is 1. The highest BCUT2D eigenvalue weighted by atomic mass is 16.3. The van der Waals surface area contributed by atoms with E-state index in [-0.39, 0.29) is 0 Å². The molecule has 2 aromatic rings. The highest BCUT2D eigenvalue weighted by molar-refractivity contribution is 5.85. The molecule has 1 atom stereocenters. The second-order valence-electron chi connectivity index (χ2n) is 3.86. The first kappa shape index (κ1) is 9.28. The van der Waals surface area contributed by atoms with Crippen molar-refractivity contribution in [1.82, 2.24) is 4.98 Å². The van der Waals surface area contributed by atoms with Gasteiger partial charge in [-0.05, 0) is 44.0 Å². The van der Waals surface area contributed by atoms with Gasteiger partial charge in [0.05, 0.1) is 6.10 Å². The fourth-order valence-electron chi connectivity index (χ4n) is 1.74. The Balaban J connectivity index is 2.69. The van der Waals surface area contributed by atoms with Crippen LogP contribution < -0.4 is 0 Å². The molecule has 74 valence electrons. The molecule has 1 heterocycles. The van der Waals surface area contributed by atoms with Crippen LogP contribution in [0.4, 0.5) is 0 Å². The van der Waals surface area contributed by atoms with Crippen molar-refractivity contribution in [1.29, 1.82) is 0 Å². The molecule has 0 saturated carbocycles. The minimum Gasteiger partial charge on any atom is -0.389 e. The molecule has 0 aliphatic carbocycles. The summed E-state index contributed by atoms with van der Waals surface area (Å²) in [4.78, 5) is 3.31. The van der Waals surface area contributed by atoms with Crippen molar-refractivity contribution in [3.8, 4) is 0 Å². The van der Waals surface area contributed by atoms with Crippen LogP contribution in [0.2, 0.25) is 0 Å². The van der Waals surface area contributed by atoms with Crippen LogP contribution in [0.25, 0.3) is 10.9 Å². The number of benzene rings is 1. The topological polar surface area (TPSA) is 36.0 Å². The fourth-order valence-corrected chi connectivity index (χ4v) is 1.74. The van der Waals surface area contributed by atoms with Crippen LogP contribution in [0, 0.1) is 13.8 Å². The van der Waals surface area contributed by atoms with E-state index >= 15 is 0 Å². The van der Waals surface area contributed by atoms with Crippen LogP contribution in [-0.4, -0.2) is 10.1 Å². The van der Waals surface area contributed by atoms with Gasteiger partial charge < -0.3 is 10.1 Å². The van der Waals surface area contributed by atoms with E-state index in [1.54, 1.807) is 6.92 Å². The minimum atomic E-state index is -0.394. The van der Waals surface area contributed by atoms with Crippen molar-refractivity contribution >= 4 is 10.9 Å². The predicted octanol–water partition coefficient (Wildman–Crippen LogP) is 2.84. The molecule has 0 bridgehead atoms. The van der Waals surface area contributed by atoms with Crippen LogP contribution in [-0.2, 0) is 0 Å². The van der Waals surface area contributed by atoms with E-state index in [9.17, 15) is 5.11 Å². The van der Waals surface area contributed by atoms with Crippen molar-refractivity contribution in [2.75, 3.05) is 0 Å². The van der Waals surface area contributed by atoms with Crippen molar-refractivity contribution in [2.45, 2.75) is 26.9 Å². The molecule has 0 amide bonds. The standard InChI is InChI=1S/C12H15NO/c1-7-8(2)13-12-5-4-10(9(3)14)6-11(7)12/h4-6,9,13-14H,1-3H3. The van der Waals surface area contributed by atoms with E-state index in [2.05, 4.69) is 24.9 Å². The zero-order valence-corrected chi connectivity index (χ0v) is 8.76. The van der Waals surface area contributed by atoms with Gasteiger partial charge in [-0.15, -0.1) is 0 Å². The maximum atomic E-state index is 9.47. The summed E-state index contributed by atoms with van der Waals surface area (Å²) < 4.78 is 0. The first-order valence-electron chi connectivity index (χ1n) is 4.86. The monoisotopic (exact) mass is 189 g/mol. The Kier molecular flexibility index (Phi) is 2.08. The van der Waals surface area contributed by atoms with Crippen LogP contribution in [0.3, 0.4) is 0 Å². The number of aliphatic hydroxyl groups is 1. The molecular weight excluding hydrogens is 174 g/mol. The third-order valence-corrected chi connectivity index (χ3v) is 2.81. The summed E-state index contributed by atoms with van der Waals surface area (Å²) in [5, 5.41) is 10.7. The maximum Gasteiger partial charge on any atom is 0.0762 e. The lowest BCUT2D eigenvalue weighted by atomic mass is 10.1.